The van der Waals surface area contributed by atoms with Gasteiger partial charge < -0.3 is 15.2 Å². The lowest BCUT2D eigenvalue weighted by Crippen LogP contribution is -2.46. The van der Waals surface area contributed by atoms with Crippen molar-refractivity contribution >= 4 is 17.7 Å². The first-order valence-corrected chi connectivity index (χ1v) is 8.68. The van der Waals surface area contributed by atoms with Gasteiger partial charge in [0.15, 0.2) is 0 Å². The van der Waals surface area contributed by atoms with Crippen LogP contribution in [0, 0.1) is 0 Å². The highest BCUT2D eigenvalue weighted by Crippen LogP contribution is 2.32. The molecular formula is C21H26N2O4. The van der Waals surface area contributed by atoms with Gasteiger partial charge in [-0.2, -0.15) is 0 Å². The molecule has 2 amide bonds. The van der Waals surface area contributed by atoms with Crippen LogP contribution in [-0.4, -0.2) is 24.6 Å². The van der Waals surface area contributed by atoms with Crippen LogP contribution in [0.1, 0.15) is 31.9 Å². The van der Waals surface area contributed by atoms with Crippen molar-refractivity contribution in [2.45, 2.75) is 39.3 Å². The van der Waals surface area contributed by atoms with Crippen molar-refractivity contribution in [3.05, 3.63) is 59.7 Å². The number of benzene rings is 2. The van der Waals surface area contributed by atoms with E-state index >= 15 is 0 Å². The summed E-state index contributed by atoms with van der Waals surface area (Å²) < 4.78 is 10.8. The lowest BCUT2D eigenvalue weighted by atomic mass is 10.0. The quantitative estimate of drug-likeness (QED) is 0.841. The van der Waals surface area contributed by atoms with E-state index in [9.17, 15) is 9.59 Å². The standard InChI is InChI=1S/C21H26N2O4/c1-21(2,3)23(20(25)27-14-15-8-6-5-7-9-15)18-11-10-17(26-4)12-16(18)13-19(22)24/h5-12H,13-14H2,1-4H3,(H2,22,24). The second kappa shape index (κ2) is 8.58. The van der Waals surface area contributed by atoms with E-state index in [1.54, 1.807) is 25.3 Å². The second-order valence-corrected chi connectivity index (χ2v) is 7.18. The summed E-state index contributed by atoms with van der Waals surface area (Å²) in [7, 11) is 1.54. The molecule has 2 N–H and O–H groups in total. The van der Waals surface area contributed by atoms with Crippen molar-refractivity contribution in [1.29, 1.82) is 0 Å². The number of amides is 2. The van der Waals surface area contributed by atoms with Gasteiger partial charge in [0.1, 0.15) is 12.4 Å². The van der Waals surface area contributed by atoms with E-state index in [2.05, 4.69) is 0 Å². The molecule has 0 aliphatic rings. The molecule has 0 atom stereocenters. The minimum absolute atomic E-state index is 0.00885. The lowest BCUT2D eigenvalue weighted by molar-refractivity contribution is -0.117. The van der Waals surface area contributed by atoms with Gasteiger partial charge in [-0.15, -0.1) is 0 Å². The van der Waals surface area contributed by atoms with Gasteiger partial charge in [0, 0.05) is 5.54 Å². The van der Waals surface area contributed by atoms with Crippen LogP contribution >= 0.6 is 0 Å². The van der Waals surface area contributed by atoms with Crippen molar-refractivity contribution in [2.24, 2.45) is 5.73 Å². The molecule has 144 valence electrons. The summed E-state index contributed by atoms with van der Waals surface area (Å²) in [6.07, 6.45) is -0.507. The van der Waals surface area contributed by atoms with Gasteiger partial charge in [0.25, 0.3) is 0 Å². The summed E-state index contributed by atoms with van der Waals surface area (Å²) in [5, 5.41) is 0. The number of hydrogen-bond acceptors (Lipinski definition) is 4. The maximum atomic E-state index is 12.9. The molecule has 2 aromatic carbocycles. The summed E-state index contributed by atoms with van der Waals surface area (Å²) in [5.41, 5.74) is 6.89. The lowest BCUT2D eigenvalue weighted by Gasteiger charge is -2.36. The Hall–Kier alpha value is -3.02. The number of ether oxygens (including phenoxy) is 2. The minimum Gasteiger partial charge on any atom is -0.497 e. The number of carbonyl (C=O) groups excluding carboxylic acids is 2. The first-order chi connectivity index (χ1) is 12.7. The first-order valence-electron chi connectivity index (χ1n) is 8.68. The Morgan fingerprint density at radius 3 is 2.30 bits per heavy atom. The van der Waals surface area contributed by atoms with Gasteiger partial charge in [0.2, 0.25) is 5.91 Å². The molecule has 2 rings (SSSR count). The summed E-state index contributed by atoms with van der Waals surface area (Å²) in [5.74, 6) is 0.0949. The topological polar surface area (TPSA) is 81.9 Å². The molecule has 0 saturated heterocycles. The van der Waals surface area contributed by atoms with Gasteiger partial charge in [-0.05, 0) is 50.1 Å². The van der Waals surface area contributed by atoms with Crippen LogP contribution in [-0.2, 0) is 22.6 Å². The van der Waals surface area contributed by atoms with Crippen LogP contribution < -0.4 is 15.4 Å². The molecule has 6 nitrogen and oxygen atoms in total. The molecule has 0 fully saturated rings. The van der Waals surface area contributed by atoms with E-state index in [0.717, 1.165) is 5.56 Å². The predicted octanol–water partition coefficient (Wildman–Crippen LogP) is 3.66. The zero-order chi connectivity index (χ0) is 20.0. The third-order valence-electron chi connectivity index (χ3n) is 3.95. The molecule has 0 aliphatic carbocycles. The van der Waals surface area contributed by atoms with Crippen LogP contribution in [0.5, 0.6) is 5.75 Å². The maximum Gasteiger partial charge on any atom is 0.415 e. The first kappa shape index (κ1) is 20.3. The van der Waals surface area contributed by atoms with Crippen LogP contribution in [0.4, 0.5) is 10.5 Å². The molecule has 0 unspecified atom stereocenters. The molecule has 0 bridgehead atoms. The summed E-state index contributed by atoms with van der Waals surface area (Å²) in [6.45, 7) is 5.85. The number of nitrogens with zero attached hydrogens (tertiary/aromatic N) is 1. The molecule has 0 aromatic heterocycles. The van der Waals surface area contributed by atoms with Crippen molar-refractivity contribution in [2.75, 3.05) is 12.0 Å². The Kier molecular flexibility index (Phi) is 6.45. The van der Waals surface area contributed by atoms with Crippen molar-refractivity contribution in [3.63, 3.8) is 0 Å². The highest BCUT2D eigenvalue weighted by atomic mass is 16.6. The van der Waals surface area contributed by atoms with Crippen LogP contribution in [0.25, 0.3) is 0 Å². The Balaban J connectivity index is 2.35. The molecule has 0 aliphatic heterocycles. The largest absolute Gasteiger partial charge is 0.497 e. The average Bonchev–Trinajstić information content (AvgIpc) is 2.60. The van der Waals surface area contributed by atoms with Crippen LogP contribution in [0.2, 0.25) is 0 Å². The SMILES string of the molecule is COc1ccc(N(C(=O)OCc2ccccc2)C(C)(C)C)c(CC(N)=O)c1. The van der Waals surface area contributed by atoms with E-state index in [1.807, 2.05) is 51.1 Å². The fourth-order valence-electron chi connectivity index (χ4n) is 2.75. The van der Waals surface area contributed by atoms with Gasteiger partial charge in [0.05, 0.1) is 19.2 Å². The number of hydrogen-bond donors (Lipinski definition) is 1. The molecule has 0 spiro atoms. The fourth-order valence-corrected chi connectivity index (χ4v) is 2.75. The third-order valence-corrected chi connectivity index (χ3v) is 3.95. The minimum atomic E-state index is -0.575. The molecule has 2 aromatic rings. The van der Waals surface area contributed by atoms with Gasteiger partial charge in [-0.3, -0.25) is 9.69 Å². The fraction of sp³-hybridized carbons (Fsp3) is 0.333. The number of carbonyl (C=O) groups is 2. The second-order valence-electron chi connectivity index (χ2n) is 7.18. The van der Waals surface area contributed by atoms with E-state index in [1.165, 1.54) is 4.90 Å². The van der Waals surface area contributed by atoms with Gasteiger partial charge in [-0.1, -0.05) is 30.3 Å². The Bertz CT molecular complexity index is 798. The predicted molar refractivity (Wildman–Crippen MR) is 105 cm³/mol. The highest BCUT2D eigenvalue weighted by Gasteiger charge is 2.31. The van der Waals surface area contributed by atoms with Gasteiger partial charge >= 0.3 is 6.09 Å². The van der Waals surface area contributed by atoms with E-state index in [-0.39, 0.29) is 13.0 Å². The zero-order valence-corrected chi connectivity index (χ0v) is 16.2. The summed E-state index contributed by atoms with van der Waals surface area (Å²) in [6, 6.07) is 14.7. The maximum absolute atomic E-state index is 12.9. The van der Waals surface area contributed by atoms with Crippen molar-refractivity contribution in [1.82, 2.24) is 0 Å². The Morgan fingerprint density at radius 2 is 1.74 bits per heavy atom. The summed E-state index contributed by atoms with van der Waals surface area (Å²) in [4.78, 5) is 26.0. The normalized spacial score (nSPS) is 11.0. The molecule has 27 heavy (non-hydrogen) atoms. The number of rotatable bonds is 6. The monoisotopic (exact) mass is 370 g/mol. The van der Waals surface area contributed by atoms with Crippen LogP contribution in [0.15, 0.2) is 48.5 Å². The zero-order valence-electron chi connectivity index (χ0n) is 16.2. The smallest absolute Gasteiger partial charge is 0.415 e. The number of methoxy groups -OCH3 is 1. The summed E-state index contributed by atoms with van der Waals surface area (Å²) >= 11 is 0. The molecule has 6 heteroatoms. The Morgan fingerprint density at radius 1 is 1.07 bits per heavy atom. The number of primary amides is 1. The number of anilines is 1. The number of nitrogens with two attached hydrogens (primary N) is 1. The molecule has 0 heterocycles. The third kappa shape index (κ3) is 5.48. The van der Waals surface area contributed by atoms with Crippen molar-refractivity contribution < 1.29 is 19.1 Å². The van der Waals surface area contributed by atoms with Gasteiger partial charge in [-0.25, -0.2) is 4.79 Å². The van der Waals surface area contributed by atoms with E-state index in [0.29, 0.717) is 17.0 Å². The van der Waals surface area contributed by atoms with E-state index in [4.69, 9.17) is 15.2 Å². The molecular weight excluding hydrogens is 344 g/mol. The van der Waals surface area contributed by atoms with Crippen LogP contribution in [0.3, 0.4) is 0 Å². The molecule has 0 radical (unpaired) electrons. The van der Waals surface area contributed by atoms with Crippen molar-refractivity contribution in [3.8, 4) is 5.75 Å². The Labute approximate surface area is 159 Å². The average molecular weight is 370 g/mol. The highest BCUT2D eigenvalue weighted by molar-refractivity contribution is 5.91. The molecule has 0 saturated carbocycles. The van der Waals surface area contributed by atoms with E-state index < -0.39 is 17.5 Å².